The van der Waals surface area contributed by atoms with Crippen molar-refractivity contribution in [2.75, 3.05) is 13.2 Å². The van der Waals surface area contributed by atoms with Crippen molar-refractivity contribution < 1.29 is 9.18 Å². The number of hydrogen-bond donors (Lipinski definition) is 2. The SMILES string of the molecule is CCCC1C(CCF)CCC2C1CCC1(C)C(C(=O)CN(N)/C=N\N)CCC21. The van der Waals surface area contributed by atoms with Crippen LogP contribution in [0.4, 0.5) is 4.39 Å². The minimum Gasteiger partial charge on any atom is -0.322 e. The molecule has 0 saturated heterocycles. The molecule has 28 heavy (non-hydrogen) atoms. The Labute approximate surface area is 169 Å². The Kier molecular flexibility index (Phi) is 7.00. The summed E-state index contributed by atoms with van der Waals surface area (Å²) in [4.78, 5) is 13.0. The highest BCUT2D eigenvalue weighted by molar-refractivity contribution is 5.85. The van der Waals surface area contributed by atoms with Crippen LogP contribution in [0, 0.1) is 40.9 Å². The fraction of sp³-hybridized carbons (Fsp3) is 0.909. The molecule has 0 amide bonds. The van der Waals surface area contributed by atoms with Gasteiger partial charge in [-0.3, -0.25) is 14.2 Å². The number of ketones is 1. The number of hydrazine groups is 1. The monoisotopic (exact) mass is 394 g/mol. The zero-order chi connectivity index (χ0) is 20.3. The maximum Gasteiger partial charge on any atom is 0.157 e. The van der Waals surface area contributed by atoms with Crippen molar-refractivity contribution in [2.24, 2.45) is 57.7 Å². The van der Waals surface area contributed by atoms with E-state index in [-0.39, 0.29) is 30.3 Å². The highest BCUT2D eigenvalue weighted by Gasteiger charge is 2.57. The molecule has 3 aliphatic carbocycles. The summed E-state index contributed by atoms with van der Waals surface area (Å²) < 4.78 is 13.1. The number of rotatable bonds is 8. The zero-order valence-electron chi connectivity index (χ0n) is 17.7. The topological polar surface area (TPSA) is 84.7 Å². The van der Waals surface area contributed by atoms with Crippen molar-refractivity contribution in [2.45, 2.75) is 71.6 Å². The van der Waals surface area contributed by atoms with Crippen LogP contribution in [0.15, 0.2) is 5.10 Å². The average molecular weight is 395 g/mol. The maximum absolute atomic E-state index is 13.1. The van der Waals surface area contributed by atoms with Gasteiger partial charge in [0.15, 0.2) is 5.78 Å². The molecular weight excluding hydrogens is 355 g/mol. The third-order valence-electron chi connectivity index (χ3n) is 8.56. The van der Waals surface area contributed by atoms with Crippen LogP contribution in [0.5, 0.6) is 0 Å². The molecule has 0 aromatic heterocycles. The van der Waals surface area contributed by atoms with Crippen molar-refractivity contribution in [1.82, 2.24) is 5.01 Å². The summed E-state index contributed by atoms with van der Waals surface area (Å²) >= 11 is 0. The molecule has 4 N–H and O–H groups in total. The fourth-order valence-electron chi connectivity index (χ4n) is 7.46. The van der Waals surface area contributed by atoms with Crippen LogP contribution in [0.3, 0.4) is 0 Å². The molecule has 3 rings (SSSR count). The van der Waals surface area contributed by atoms with E-state index in [9.17, 15) is 9.18 Å². The summed E-state index contributed by atoms with van der Waals surface area (Å²) in [5, 5.41) is 4.71. The molecule has 3 fully saturated rings. The molecule has 0 aromatic carbocycles. The first kappa shape index (κ1) is 21.5. The normalized spacial score (nSPS) is 40.3. The third kappa shape index (κ3) is 3.94. The Balaban J connectivity index is 1.74. The van der Waals surface area contributed by atoms with Gasteiger partial charge in [0.2, 0.25) is 0 Å². The van der Waals surface area contributed by atoms with Crippen molar-refractivity contribution >= 4 is 12.1 Å². The van der Waals surface area contributed by atoms with Gasteiger partial charge in [0.05, 0.1) is 13.2 Å². The minimum absolute atomic E-state index is 0.0860. The highest BCUT2D eigenvalue weighted by atomic mass is 19.1. The minimum atomic E-state index is -0.179. The van der Waals surface area contributed by atoms with E-state index in [2.05, 4.69) is 18.9 Å². The molecule has 0 spiro atoms. The lowest BCUT2D eigenvalue weighted by atomic mass is 9.50. The molecule has 6 heteroatoms. The Bertz CT molecular complexity index is 571. The number of hydrazone groups is 1. The van der Waals surface area contributed by atoms with Gasteiger partial charge in [0.25, 0.3) is 0 Å². The number of halogens is 1. The van der Waals surface area contributed by atoms with Crippen LogP contribution in [0.1, 0.15) is 71.6 Å². The largest absolute Gasteiger partial charge is 0.322 e. The lowest BCUT2D eigenvalue weighted by molar-refractivity contribution is -0.130. The number of nitrogens with two attached hydrogens (primary N) is 2. The molecule has 0 heterocycles. The summed E-state index contributed by atoms with van der Waals surface area (Å²) in [7, 11) is 0. The lowest BCUT2D eigenvalue weighted by Crippen LogP contribution is -2.49. The maximum atomic E-state index is 13.1. The Morgan fingerprint density at radius 2 is 2.00 bits per heavy atom. The molecule has 0 bridgehead atoms. The van der Waals surface area contributed by atoms with Gasteiger partial charge in [-0.05, 0) is 80.0 Å². The second kappa shape index (κ2) is 9.10. The number of hydrogen-bond acceptors (Lipinski definition) is 4. The van der Waals surface area contributed by atoms with Crippen molar-refractivity contribution in [3.05, 3.63) is 0 Å². The molecule has 0 radical (unpaired) electrons. The van der Waals surface area contributed by atoms with E-state index in [1.807, 2.05) is 0 Å². The van der Waals surface area contributed by atoms with E-state index in [0.29, 0.717) is 23.7 Å². The Hall–Kier alpha value is -1.17. The lowest BCUT2D eigenvalue weighted by Gasteiger charge is -2.54. The van der Waals surface area contributed by atoms with Crippen LogP contribution in [-0.2, 0) is 4.79 Å². The van der Waals surface area contributed by atoms with Crippen molar-refractivity contribution in [1.29, 1.82) is 0 Å². The van der Waals surface area contributed by atoms with Crippen LogP contribution in [0.2, 0.25) is 0 Å². The van der Waals surface area contributed by atoms with Gasteiger partial charge in [-0.25, -0.2) is 5.84 Å². The average Bonchev–Trinajstić information content (AvgIpc) is 3.01. The van der Waals surface area contributed by atoms with E-state index in [0.717, 1.165) is 31.6 Å². The van der Waals surface area contributed by atoms with Crippen molar-refractivity contribution in [3.8, 4) is 0 Å². The van der Waals surface area contributed by atoms with Crippen LogP contribution < -0.4 is 11.7 Å². The quantitative estimate of drug-likeness (QED) is 0.283. The zero-order valence-corrected chi connectivity index (χ0v) is 17.7. The van der Waals surface area contributed by atoms with Gasteiger partial charge >= 0.3 is 0 Å². The van der Waals surface area contributed by atoms with Gasteiger partial charge in [-0.1, -0.05) is 26.7 Å². The van der Waals surface area contributed by atoms with E-state index >= 15 is 0 Å². The number of carbonyl (C=O) groups excluding carboxylic acids is 1. The van der Waals surface area contributed by atoms with E-state index in [1.54, 1.807) is 0 Å². The number of fused-ring (bicyclic) bond motifs is 3. The molecule has 7 unspecified atom stereocenters. The molecule has 3 saturated carbocycles. The summed E-state index contributed by atoms with van der Waals surface area (Å²) in [6, 6.07) is 0. The first-order chi connectivity index (χ1) is 13.5. The number of Topliss-reactive ketones (excluding diaryl/α,β-unsaturated/α-hetero) is 1. The standard InChI is InChI=1S/C22H39FN4O/c1-3-4-16-15(10-12-23)5-6-18-17(16)9-11-22(2)19(18)7-8-20(22)21(28)13-27(25)14-26-24/h14-20H,3-13,24-25H2,1-2H3/b26-14-. The summed E-state index contributed by atoms with van der Waals surface area (Å²) in [6.45, 7) is 4.61. The Morgan fingerprint density at radius 1 is 1.21 bits per heavy atom. The number of carbonyl (C=O) groups is 1. The predicted octanol–water partition coefficient (Wildman–Crippen LogP) is 3.88. The van der Waals surface area contributed by atoms with Gasteiger partial charge in [-0.2, -0.15) is 5.10 Å². The molecule has 5 nitrogen and oxygen atoms in total. The van der Waals surface area contributed by atoms with E-state index < -0.39 is 0 Å². The molecule has 7 atom stereocenters. The third-order valence-corrected chi connectivity index (χ3v) is 8.56. The fourth-order valence-corrected chi connectivity index (χ4v) is 7.46. The summed E-state index contributed by atoms with van der Waals surface area (Å²) in [5.41, 5.74) is 0.0860. The first-order valence-electron chi connectivity index (χ1n) is 11.3. The second-order valence-corrected chi connectivity index (χ2v) is 9.78. The van der Waals surface area contributed by atoms with E-state index in [4.69, 9.17) is 11.7 Å². The van der Waals surface area contributed by atoms with Crippen LogP contribution >= 0.6 is 0 Å². The highest BCUT2D eigenvalue weighted by Crippen LogP contribution is 2.63. The molecule has 0 aromatic rings. The molecule has 0 aliphatic heterocycles. The van der Waals surface area contributed by atoms with Gasteiger partial charge < -0.3 is 5.84 Å². The van der Waals surface area contributed by atoms with Crippen LogP contribution in [0.25, 0.3) is 0 Å². The number of alkyl halides is 1. The van der Waals surface area contributed by atoms with Gasteiger partial charge in [0.1, 0.15) is 6.34 Å². The molecule has 160 valence electrons. The smallest absolute Gasteiger partial charge is 0.157 e. The molecular formula is C22H39FN4O. The summed E-state index contributed by atoms with van der Waals surface area (Å²) in [5.74, 6) is 14.6. The Morgan fingerprint density at radius 3 is 2.68 bits per heavy atom. The van der Waals surface area contributed by atoms with Crippen molar-refractivity contribution in [3.63, 3.8) is 0 Å². The number of nitrogens with zero attached hydrogens (tertiary/aromatic N) is 2. The molecule has 3 aliphatic rings. The van der Waals surface area contributed by atoms with Gasteiger partial charge in [-0.15, -0.1) is 0 Å². The first-order valence-corrected chi connectivity index (χ1v) is 11.3. The van der Waals surface area contributed by atoms with E-state index in [1.165, 1.54) is 43.5 Å². The predicted molar refractivity (Wildman–Crippen MR) is 111 cm³/mol. The second-order valence-electron chi connectivity index (χ2n) is 9.78. The summed E-state index contributed by atoms with van der Waals surface area (Å²) in [6.07, 6.45) is 11.3. The van der Waals surface area contributed by atoms with Crippen LogP contribution in [-0.4, -0.2) is 30.4 Å². The van der Waals surface area contributed by atoms with Gasteiger partial charge in [0, 0.05) is 5.92 Å².